The summed E-state index contributed by atoms with van der Waals surface area (Å²) in [5, 5.41) is 0. The number of halogens is 1. The van der Waals surface area contributed by atoms with Crippen LogP contribution in [0.2, 0.25) is 6.04 Å². The predicted molar refractivity (Wildman–Crippen MR) is 47.4 cm³/mol. The normalized spacial score (nSPS) is 36.6. The first-order valence-electron chi connectivity index (χ1n) is 4.03. The first kappa shape index (κ1) is 8.56. The molecule has 0 saturated carbocycles. The zero-order chi connectivity index (χ0) is 7.45. The first-order chi connectivity index (χ1) is 4.83. The lowest BCUT2D eigenvalue weighted by molar-refractivity contribution is 0.0692. The molecule has 0 bridgehead atoms. The van der Waals surface area contributed by atoms with Crippen molar-refractivity contribution in [2.24, 2.45) is 0 Å². The van der Waals surface area contributed by atoms with E-state index < -0.39 is 0 Å². The highest BCUT2D eigenvalue weighted by Gasteiger charge is 2.29. The zero-order valence-corrected chi connectivity index (χ0v) is 8.70. The van der Waals surface area contributed by atoms with Crippen LogP contribution in [0.25, 0.3) is 0 Å². The van der Waals surface area contributed by atoms with Crippen molar-refractivity contribution < 1.29 is 4.43 Å². The molecule has 0 N–H and O–H groups in total. The fourth-order valence-corrected chi connectivity index (χ4v) is 3.40. The molecule has 0 spiro atoms. The summed E-state index contributed by atoms with van der Waals surface area (Å²) in [5.41, 5.74) is 0.0893. The summed E-state index contributed by atoms with van der Waals surface area (Å²) < 4.78 is 5.77. The number of hydrogen-bond acceptors (Lipinski definition) is 1. The van der Waals surface area contributed by atoms with Crippen molar-refractivity contribution in [1.29, 1.82) is 0 Å². The van der Waals surface area contributed by atoms with E-state index >= 15 is 0 Å². The zero-order valence-electron chi connectivity index (χ0n) is 6.53. The number of rotatable bonds is 2. The van der Waals surface area contributed by atoms with Crippen molar-refractivity contribution >= 4 is 21.4 Å². The van der Waals surface area contributed by atoms with E-state index in [0.717, 1.165) is 6.42 Å². The van der Waals surface area contributed by atoms with Crippen LogP contribution in [0.3, 0.4) is 0 Å². The van der Waals surface area contributed by atoms with Gasteiger partial charge in [0.05, 0.1) is 11.5 Å². The molecule has 1 fully saturated rings. The van der Waals surface area contributed by atoms with E-state index in [1.807, 2.05) is 0 Å². The van der Waals surface area contributed by atoms with E-state index in [1.54, 1.807) is 0 Å². The fourth-order valence-electron chi connectivity index (χ4n) is 1.39. The summed E-state index contributed by atoms with van der Waals surface area (Å²) in [6.07, 6.45) is 3.61. The number of alkyl halides is 1. The summed E-state index contributed by atoms with van der Waals surface area (Å²) in [5.74, 6) is 0.691. The minimum Gasteiger partial charge on any atom is -0.417 e. The molecule has 1 atom stereocenters. The molecule has 1 unspecified atom stereocenters. The van der Waals surface area contributed by atoms with Gasteiger partial charge >= 0.3 is 0 Å². The Morgan fingerprint density at radius 3 is 2.80 bits per heavy atom. The molecule has 1 aliphatic rings. The maximum absolute atomic E-state index is 5.83. The molecule has 0 amide bonds. The van der Waals surface area contributed by atoms with Gasteiger partial charge in [-0.1, -0.05) is 13.3 Å². The average molecular weight is 179 g/mol. The van der Waals surface area contributed by atoms with Crippen molar-refractivity contribution in [2.45, 2.75) is 37.8 Å². The summed E-state index contributed by atoms with van der Waals surface area (Å²) in [7, 11) is -0.202. The van der Waals surface area contributed by atoms with Crippen LogP contribution in [-0.4, -0.2) is 21.2 Å². The molecule has 0 aromatic rings. The van der Waals surface area contributed by atoms with Crippen LogP contribution >= 0.6 is 11.6 Å². The maximum atomic E-state index is 5.83. The van der Waals surface area contributed by atoms with E-state index in [0.29, 0.717) is 5.88 Å². The lowest BCUT2D eigenvalue weighted by atomic mass is 9.97. The Morgan fingerprint density at radius 2 is 2.50 bits per heavy atom. The quantitative estimate of drug-likeness (QED) is 0.462. The average Bonchev–Trinajstić information content (AvgIpc) is 2.06. The Morgan fingerprint density at radius 1 is 1.70 bits per heavy atom. The molecule has 1 rings (SSSR count). The van der Waals surface area contributed by atoms with Gasteiger partial charge in [-0.2, -0.15) is 0 Å². The largest absolute Gasteiger partial charge is 0.417 e. The van der Waals surface area contributed by atoms with Crippen molar-refractivity contribution in [3.63, 3.8) is 0 Å². The molecular weight excluding hydrogens is 164 g/mol. The first-order valence-corrected chi connectivity index (χ1v) is 6.14. The van der Waals surface area contributed by atoms with Gasteiger partial charge in [0.1, 0.15) is 0 Å². The van der Waals surface area contributed by atoms with Crippen LogP contribution in [-0.2, 0) is 4.43 Å². The molecule has 1 heterocycles. The summed E-state index contributed by atoms with van der Waals surface area (Å²) >= 11 is 5.83. The van der Waals surface area contributed by atoms with Gasteiger partial charge < -0.3 is 4.43 Å². The molecule has 0 aromatic carbocycles. The molecule has 1 saturated heterocycles. The standard InChI is InChI=1S/C7H15ClOSi/c1-2-7(6-8)4-3-5-10-9-7/h2-6,10H2,1H3. The third kappa shape index (κ3) is 1.74. The fraction of sp³-hybridized carbons (Fsp3) is 1.00. The summed E-state index contributed by atoms with van der Waals surface area (Å²) in [4.78, 5) is 0. The van der Waals surface area contributed by atoms with Crippen LogP contribution in [0.15, 0.2) is 0 Å². The van der Waals surface area contributed by atoms with Crippen LogP contribution in [0.4, 0.5) is 0 Å². The highest BCUT2D eigenvalue weighted by Crippen LogP contribution is 2.28. The highest BCUT2D eigenvalue weighted by atomic mass is 35.5. The minimum absolute atomic E-state index is 0.0893. The van der Waals surface area contributed by atoms with E-state index in [9.17, 15) is 0 Å². The molecule has 10 heavy (non-hydrogen) atoms. The Labute approximate surface area is 70.0 Å². The Hall–Kier alpha value is 0.467. The third-order valence-electron chi connectivity index (χ3n) is 2.32. The molecule has 3 heteroatoms. The summed E-state index contributed by atoms with van der Waals surface area (Å²) in [6.45, 7) is 2.17. The monoisotopic (exact) mass is 178 g/mol. The number of hydrogen-bond donors (Lipinski definition) is 0. The van der Waals surface area contributed by atoms with Crippen molar-refractivity contribution in [1.82, 2.24) is 0 Å². The van der Waals surface area contributed by atoms with Gasteiger partial charge in [0.25, 0.3) is 0 Å². The molecule has 0 radical (unpaired) electrons. The SMILES string of the molecule is CCC1(CCl)CCC[SiH2]O1. The van der Waals surface area contributed by atoms with E-state index in [-0.39, 0.29) is 15.4 Å². The molecule has 60 valence electrons. The van der Waals surface area contributed by atoms with Crippen molar-refractivity contribution in [2.75, 3.05) is 5.88 Å². The predicted octanol–water partition coefficient (Wildman–Crippen LogP) is 1.69. The van der Waals surface area contributed by atoms with E-state index in [4.69, 9.17) is 16.0 Å². The van der Waals surface area contributed by atoms with Gasteiger partial charge in [0, 0.05) is 0 Å². The molecule has 0 aromatic heterocycles. The van der Waals surface area contributed by atoms with Gasteiger partial charge in [-0.25, -0.2) is 0 Å². The maximum Gasteiger partial charge on any atom is 0.162 e. The van der Waals surface area contributed by atoms with Crippen LogP contribution in [0, 0.1) is 0 Å². The second kappa shape index (κ2) is 3.74. The second-order valence-corrected chi connectivity index (χ2v) is 4.65. The van der Waals surface area contributed by atoms with Gasteiger partial charge in [-0.3, -0.25) is 0 Å². The van der Waals surface area contributed by atoms with Gasteiger partial charge in [-0.15, -0.1) is 11.6 Å². The van der Waals surface area contributed by atoms with Crippen LogP contribution in [0.1, 0.15) is 26.2 Å². The Balaban J connectivity index is 2.44. The topological polar surface area (TPSA) is 9.23 Å². The van der Waals surface area contributed by atoms with E-state index in [2.05, 4.69) is 6.92 Å². The lowest BCUT2D eigenvalue weighted by Crippen LogP contribution is -2.38. The second-order valence-electron chi connectivity index (χ2n) is 2.98. The highest BCUT2D eigenvalue weighted by molar-refractivity contribution is 6.28. The van der Waals surface area contributed by atoms with Crippen LogP contribution in [0.5, 0.6) is 0 Å². The van der Waals surface area contributed by atoms with E-state index in [1.165, 1.54) is 18.9 Å². The summed E-state index contributed by atoms with van der Waals surface area (Å²) in [6, 6.07) is 1.35. The lowest BCUT2D eigenvalue weighted by Gasteiger charge is -2.35. The van der Waals surface area contributed by atoms with Crippen molar-refractivity contribution in [3.05, 3.63) is 0 Å². The van der Waals surface area contributed by atoms with Gasteiger partial charge in [0.15, 0.2) is 9.76 Å². The van der Waals surface area contributed by atoms with Gasteiger partial charge in [0.2, 0.25) is 0 Å². The molecular formula is C7H15ClOSi. The van der Waals surface area contributed by atoms with Crippen molar-refractivity contribution in [3.8, 4) is 0 Å². The Bertz CT molecular complexity index is 95.8. The minimum atomic E-state index is -0.202. The van der Waals surface area contributed by atoms with Crippen LogP contribution < -0.4 is 0 Å². The molecule has 0 aliphatic carbocycles. The molecule has 1 aliphatic heterocycles. The van der Waals surface area contributed by atoms with Gasteiger partial charge in [-0.05, 0) is 18.9 Å². The third-order valence-corrected chi connectivity index (χ3v) is 4.42. The molecule has 1 nitrogen and oxygen atoms in total. The Kier molecular flexibility index (Phi) is 3.20. The smallest absolute Gasteiger partial charge is 0.162 e.